The number of H-pyrrole nitrogens is 1. The second-order valence-corrected chi connectivity index (χ2v) is 14.0. The smallest absolute Gasteiger partial charge is 0.327 e. The Bertz CT molecular complexity index is 1960. The Morgan fingerprint density at radius 1 is 0.661 bits per heavy atom. The maximum atomic E-state index is 14.1. The zero-order valence-corrected chi connectivity index (χ0v) is 32.8. The van der Waals surface area contributed by atoms with Gasteiger partial charge in [0.1, 0.15) is 36.0 Å². The number of fused-ring (bicyclic) bond motifs is 1. The van der Waals surface area contributed by atoms with E-state index in [9.17, 15) is 58.8 Å². The SMILES string of the molecule is NCCCCC(N)C(=O)NC(Cc1ccc(O)cc1)C(=O)N[C@@H](Cc1c[nH]c2ccccc12)C(=O)NC(CC(=O)O)C(=O)N[C@@H](CCC(=O)O)C(=O)NC(CS)C(=O)O. The van der Waals surface area contributed by atoms with Gasteiger partial charge in [0.25, 0.3) is 0 Å². The first-order valence-corrected chi connectivity index (χ1v) is 19.2. The summed E-state index contributed by atoms with van der Waals surface area (Å²) >= 11 is 3.87. The minimum atomic E-state index is -1.90. The van der Waals surface area contributed by atoms with E-state index in [4.69, 9.17) is 11.5 Å². The van der Waals surface area contributed by atoms with Crippen molar-refractivity contribution in [3.8, 4) is 5.75 Å². The van der Waals surface area contributed by atoms with Gasteiger partial charge in [-0.15, -0.1) is 0 Å². The largest absolute Gasteiger partial charge is 0.508 e. The van der Waals surface area contributed by atoms with Crippen LogP contribution in [0.1, 0.15) is 49.7 Å². The van der Waals surface area contributed by atoms with Crippen molar-refractivity contribution in [3.63, 3.8) is 0 Å². The lowest BCUT2D eigenvalue weighted by Gasteiger charge is -2.27. The van der Waals surface area contributed by atoms with Crippen molar-refractivity contribution < 1.29 is 58.8 Å². The van der Waals surface area contributed by atoms with Crippen molar-refractivity contribution in [3.05, 3.63) is 65.9 Å². The number of carboxylic acids is 3. The number of carbonyl (C=O) groups excluding carboxylic acids is 5. The average molecular weight is 843 g/mol. The number of phenolic OH excluding ortho intramolecular Hbond substituents is 1. The molecule has 5 amide bonds. The van der Waals surface area contributed by atoms with Gasteiger partial charge < -0.3 is 63.5 Å². The van der Waals surface area contributed by atoms with Gasteiger partial charge in [0.2, 0.25) is 29.5 Å². The number of hydrogen-bond donors (Lipinski definition) is 13. The zero-order valence-electron chi connectivity index (χ0n) is 31.9. The van der Waals surface area contributed by atoms with Crippen LogP contribution in [0.25, 0.3) is 10.9 Å². The molecule has 0 fully saturated rings. The van der Waals surface area contributed by atoms with Gasteiger partial charge >= 0.3 is 17.9 Å². The van der Waals surface area contributed by atoms with Gasteiger partial charge in [-0.2, -0.15) is 12.6 Å². The summed E-state index contributed by atoms with van der Waals surface area (Å²) in [5.74, 6) is -9.71. The average Bonchev–Trinajstić information content (AvgIpc) is 3.60. The molecule has 21 heteroatoms. The summed E-state index contributed by atoms with van der Waals surface area (Å²) in [5, 5.41) is 50.7. The van der Waals surface area contributed by atoms with Gasteiger partial charge in [0.15, 0.2) is 0 Å². The number of aromatic amines is 1. The molecule has 0 aliphatic rings. The predicted molar refractivity (Wildman–Crippen MR) is 215 cm³/mol. The molecule has 6 atom stereocenters. The monoisotopic (exact) mass is 842 g/mol. The van der Waals surface area contributed by atoms with Gasteiger partial charge in [0, 0.05) is 42.1 Å². The van der Waals surface area contributed by atoms with E-state index in [1.54, 1.807) is 30.5 Å². The fraction of sp³-hybridized carbons (Fsp3) is 0.421. The molecule has 20 nitrogen and oxygen atoms in total. The maximum absolute atomic E-state index is 14.1. The number of phenols is 1. The Labute approximate surface area is 343 Å². The first kappa shape index (κ1) is 47.2. The van der Waals surface area contributed by atoms with Crippen LogP contribution in [0.3, 0.4) is 0 Å². The first-order valence-electron chi connectivity index (χ1n) is 18.6. The highest BCUT2D eigenvalue weighted by atomic mass is 32.1. The third-order valence-electron chi connectivity index (χ3n) is 9.14. The normalized spacial score (nSPS) is 14.1. The highest BCUT2D eigenvalue weighted by molar-refractivity contribution is 7.80. The van der Waals surface area contributed by atoms with Crippen LogP contribution in [0.15, 0.2) is 54.7 Å². The molecule has 3 aromatic rings. The second kappa shape index (κ2) is 23.3. The summed E-state index contributed by atoms with van der Waals surface area (Å²) in [6, 6.07) is 3.88. The van der Waals surface area contributed by atoms with Crippen LogP contribution in [0.5, 0.6) is 5.75 Å². The molecular formula is C38H50N8O12S. The molecule has 4 unspecified atom stereocenters. The predicted octanol–water partition coefficient (Wildman–Crippen LogP) is -1.11. The fourth-order valence-electron chi connectivity index (χ4n) is 5.92. The summed E-state index contributed by atoms with van der Waals surface area (Å²) in [6.07, 6.45) is 0.450. The number of hydrogen-bond acceptors (Lipinski definition) is 12. The Kier molecular flexibility index (Phi) is 18.6. The third kappa shape index (κ3) is 15.2. The zero-order chi connectivity index (χ0) is 43.6. The standard InChI is InChI=1S/C38H50N8O12S/c39-14-4-3-6-24(40)33(52)43-27(15-20-8-10-22(47)11-9-20)35(54)44-28(16-21-18-41-25-7-2-1-5-23(21)25)36(55)45-29(17-32(50)51)37(56)42-26(12-13-31(48)49)34(53)46-30(19-59)38(57)58/h1-2,5,7-11,18,24,26-30,41,47,59H,3-4,6,12-17,19,39-40H2,(H,42,56)(H,43,52)(H,44,54)(H,45,55)(H,46,53)(H,48,49)(H,50,51)(H,57,58)/t24?,26-,27?,28-,29?,30?/m0/s1. The molecule has 0 bridgehead atoms. The number of rotatable bonds is 25. The number of nitrogens with two attached hydrogens (primary N) is 2. The van der Waals surface area contributed by atoms with Gasteiger partial charge in [-0.1, -0.05) is 36.8 Å². The maximum Gasteiger partial charge on any atom is 0.327 e. The summed E-state index contributed by atoms with van der Waals surface area (Å²) in [4.78, 5) is 106. The number of carbonyl (C=O) groups is 8. The molecule has 0 saturated carbocycles. The van der Waals surface area contributed by atoms with Crippen LogP contribution in [-0.4, -0.2) is 121 Å². The number of thiol groups is 1. The van der Waals surface area contributed by atoms with Crippen molar-refractivity contribution in [1.82, 2.24) is 31.6 Å². The van der Waals surface area contributed by atoms with Gasteiger partial charge in [-0.25, -0.2) is 4.79 Å². The van der Waals surface area contributed by atoms with Crippen LogP contribution in [-0.2, 0) is 51.2 Å². The van der Waals surface area contributed by atoms with Crippen LogP contribution >= 0.6 is 12.6 Å². The molecule has 320 valence electrons. The molecule has 0 spiro atoms. The summed E-state index contributed by atoms with van der Waals surface area (Å²) < 4.78 is 0. The lowest BCUT2D eigenvalue weighted by atomic mass is 10.0. The lowest BCUT2D eigenvalue weighted by Crippen LogP contribution is -2.60. The number of carboxylic acid groups (broad SMARTS) is 3. The number of unbranched alkanes of at least 4 members (excludes halogenated alkanes) is 1. The molecule has 0 aliphatic heterocycles. The number of aliphatic carboxylic acids is 3. The van der Waals surface area contributed by atoms with Gasteiger partial charge in [-0.05, 0) is 55.1 Å². The molecule has 1 heterocycles. The molecule has 3 rings (SSSR count). The Morgan fingerprint density at radius 3 is 1.83 bits per heavy atom. The summed E-state index contributed by atoms with van der Waals surface area (Å²) in [7, 11) is 0. The number of aromatic nitrogens is 1. The van der Waals surface area contributed by atoms with Crippen molar-refractivity contribution >= 4 is 71.0 Å². The lowest BCUT2D eigenvalue weighted by molar-refractivity contribution is -0.143. The van der Waals surface area contributed by atoms with E-state index in [2.05, 4.69) is 44.2 Å². The topological polar surface area (TPSA) is 345 Å². The molecule has 59 heavy (non-hydrogen) atoms. The molecule has 1 aromatic heterocycles. The Hall–Kier alpha value is -6.19. The third-order valence-corrected chi connectivity index (χ3v) is 9.50. The number of amides is 5. The van der Waals surface area contributed by atoms with E-state index in [1.807, 2.05) is 0 Å². The molecule has 0 aliphatic carbocycles. The van der Waals surface area contributed by atoms with E-state index >= 15 is 0 Å². The first-order chi connectivity index (χ1) is 28.0. The summed E-state index contributed by atoms with van der Waals surface area (Å²) in [6.45, 7) is 0.388. The van der Waals surface area contributed by atoms with Crippen LogP contribution in [0.2, 0.25) is 0 Å². The number of nitrogens with one attached hydrogen (secondary N) is 6. The van der Waals surface area contributed by atoms with Crippen molar-refractivity contribution in [2.75, 3.05) is 12.3 Å². The number of aromatic hydroxyl groups is 1. The van der Waals surface area contributed by atoms with Gasteiger partial charge in [-0.3, -0.25) is 33.6 Å². The van der Waals surface area contributed by atoms with E-state index in [0.717, 1.165) is 0 Å². The van der Waals surface area contributed by atoms with Crippen LogP contribution in [0.4, 0.5) is 0 Å². The van der Waals surface area contributed by atoms with E-state index in [1.165, 1.54) is 24.3 Å². The summed E-state index contributed by atoms with van der Waals surface area (Å²) in [5.41, 5.74) is 13.4. The minimum Gasteiger partial charge on any atom is -0.508 e. The highest BCUT2D eigenvalue weighted by Gasteiger charge is 2.34. The van der Waals surface area contributed by atoms with Gasteiger partial charge in [0.05, 0.1) is 12.5 Å². The van der Waals surface area contributed by atoms with Crippen LogP contribution < -0.4 is 38.1 Å². The molecule has 0 saturated heterocycles. The second-order valence-electron chi connectivity index (χ2n) is 13.7. The number of benzene rings is 2. The fourth-order valence-corrected chi connectivity index (χ4v) is 6.17. The minimum absolute atomic E-state index is 0.0490. The van der Waals surface area contributed by atoms with E-state index < -0.39 is 103 Å². The Morgan fingerprint density at radius 2 is 1.22 bits per heavy atom. The number of para-hydroxylation sites is 1. The van der Waals surface area contributed by atoms with E-state index in [0.29, 0.717) is 41.4 Å². The van der Waals surface area contributed by atoms with Crippen LogP contribution in [0, 0.1) is 0 Å². The van der Waals surface area contributed by atoms with Crippen molar-refractivity contribution in [2.24, 2.45) is 11.5 Å². The quantitative estimate of drug-likeness (QED) is 0.0356. The Balaban J connectivity index is 1.96. The molecule has 14 N–H and O–H groups in total. The molecule has 2 aromatic carbocycles. The highest BCUT2D eigenvalue weighted by Crippen LogP contribution is 2.20. The molecular weight excluding hydrogens is 793 g/mol. The molecule has 0 radical (unpaired) electrons. The van der Waals surface area contributed by atoms with Crippen molar-refractivity contribution in [2.45, 2.75) is 87.6 Å². The van der Waals surface area contributed by atoms with E-state index in [-0.39, 0.29) is 30.8 Å². The van der Waals surface area contributed by atoms with Crippen molar-refractivity contribution in [1.29, 1.82) is 0 Å².